The standard InChI is InChI=1S/C23H32/c1-8-18-9-11-19(12-10-18)23-21(16(4)5)13-20(15(2)3)14-22(23)17(6)7/h9-17H,8H2,1-7H3. The molecule has 124 valence electrons. The summed E-state index contributed by atoms with van der Waals surface area (Å²) < 4.78 is 0. The lowest BCUT2D eigenvalue weighted by Crippen LogP contribution is -2.03. The van der Waals surface area contributed by atoms with E-state index in [1.54, 1.807) is 0 Å². The van der Waals surface area contributed by atoms with Crippen molar-refractivity contribution in [3.8, 4) is 11.1 Å². The molecular formula is C23H32. The predicted octanol–water partition coefficient (Wildman–Crippen LogP) is 7.29. The van der Waals surface area contributed by atoms with Gasteiger partial charge in [0.05, 0.1) is 0 Å². The molecule has 0 fully saturated rings. The van der Waals surface area contributed by atoms with E-state index in [1.165, 1.54) is 33.4 Å². The van der Waals surface area contributed by atoms with E-state index in [9.17, 15) is 0 Å². The van der Waals surface area contributed by atoms with Crippen molar-refractivity contribution in [3.05, 3.63) is 58.7 Å². The summed E-state index contributed by atoms with van der Waals surface area (Å²) in [6, 6.07) is 14.0. The molecule has 0 heterocycles. The normalized spacial score (nSPS) is 11.7. The maximum Gasteiger partial charge on any atom is -0.0114 e. The van der Waals surface area contributed by atoms with Crippen LogP contribution in [0.3, 0.4) is 0 Å². The van der Waals surface area contributed by atoms with Crippen LogP contribution in [0.25, 0.3) is 11.1 Å². The van der Waals surface area contributed by atoms with Crippen LogP contribution in [0.5, 0.6) is 0 Å². The highest BCUT2D eigenvalue weighted by molar-refractivity contribution is 5.73. The van der Waals surface area contributed by atoms with Crippen molar-refractivity contribution in [2.24, 2.45) is 0 Å². The minimum atomic E-state index is 0.534. The molecule has 0 aliphatic heterocycles. The van der Waals surface area contributed by atoms with Crippen molar-refractivity contribution in [2.45, 2.75) is 72.6 Å². The Kier molecular flexibility index (Phi) is 5.68. The van der Waals surface area contributed by atoms with Gasteiger partial charge in [-0.05, 0) is 57.6 Å². The molecule has 0 aromatic heterocycles. The van der Waals surface area contributed by atoms with E-state index in [-0.39, 0.29) is 0 Å². The SMILES string of the molecule is CCc1ccc(-c2c(C(C)C)cc(C(C)C)cc2C(C)C)cc1. The fourth-order valence-electron chi connectivity index (χ4n) is 3.20. The molecule has 23 heavy (non-hydrogen) atoms. The van der Waals surface area contributed by atoms with Crippen molar-refractivity contribution in [3.63, 3.8) is 0 Å². The van der Waals surface area contributed by atoms with Gasteiger partial charge in [-0.15, -0.1) is 0 Å². The molecule has 0 amide bonds. The van der Waals surface area contributed by atoms with Crippen molar-refractivity contribution >= 4 is 0 Å². The minimum Gasteiger partial charge on any atom is -0.0613 e. The highest BCUT2D eigenvalue weighted by Crippen LogP contribution is 2.38. The van der Waals surface area contributed by atoms with Gasteiger partial charge >= 0.3 is 0 Å². The first-order chi connectivity index (χ1) is 10.8. The molecule has 0 saturated carbocycles. The third kappa shape index (κ3) is 3.86. The Morgan fingerprint density at radius 1 is 0.696 bits per heavy atom. The number of benzene rings is 2. The summed E-state index contributed by atoms with van der Waals surface area (Å²) in [5, 5.41) is 0. The molecule has 0 bridgehead atoms. The van der Waals surface area contributed by atoms with Gasteiger partial charge in [-0.3, -0.25) is 0 Å². The average molecular weight is 309 g/mol. The summed E-state index contributed by atoms with van der Waals surface area (Å²) in [6.07, 6.45) is 1.10. The second kappa shape index (κ2) is 7.34. The first-order valence-electron chi connectivity index (χ1n) is 9.12. The maximum absolute atomic E-state index is 2.43. The summed E-state index contributed by atoms with van der Waals surface area (Å²) in [7, 11) is 0. The second-order valence-corrected chi connectivity index (χ2v) is 7.59. The van der Waals surface area contributed by atoms with Crippen LogP contribution in [0.2, 0.25) is 0 Å². The zero-order chi connectivity index (χ0) is 17.1. The third-order valence-corrected chi connectivity index (χ3v) is 4.78. The number of rotatable bonds is 5. The molecule has 0 heteroatoms. The first-order valence-corrected chi connectivity index (χ1v) is 9.12. The molecule has 0 saturated heterocycles. The van der Waals surface area contributed by atoms with Gasteiger partial charge in [-0.1, -0.05) is 84.9 Å². The van der Waals surface area contributed by atoms with E-state index in [0.29, 0.717) is 17.8 Å². The van der Waals surface area contributed by atoms with Gasteiger partial charge in [0.25, 0.3) is 0 Å². The number of hydrogen-bond donors (Lipinski definition) is 0. The van der Waals surface area contributed by atoms with Crippen LogP contribution in [0.15, 0.2) is 36.4 Å². The molecule has 2 aromatic carbocycles. The van der Waals surface area contributed by atoms with Crippen molar-refractivity contribution in [1.82, 2.24) is 0 Å². The van der Waals surface area contributed by atoms with Gasteiger partial charge in [0.15, 0.2) is 0 Å². The van der Waals surface area contributed by atoms with E-state index in [1.807, 2.05) is 0 Å². The van der Waals surface area contributed by atoms with Crippen LogP contribution < -0.4 is 0 Å². The molecule has 2 aromatic rings. The zero-order valence-electron chi connectivity index (χ0n) is 15.9. The van der Waals surface area contributed by atoms with Gasteiger partial charge in [-0.25, -0.2) is 0 Å². The fraction of sp³-hybridized carbons (Fsp3) is 0.478. The van der Waals surface area contributed by atoms with E-state index >= 15 is 0 Å². The summed E-state index contributed by atoms with van der Waals surface area (Å²) in [5.41, 5.74) is 8.68. The van der Waals surface area contributed by atoms with Gasteiger partial charge in [0, 0.05) is 0 Å². The van der Waals surface area contributed by atoms with Crippen LogP contribution in [0, 0.1) is 0 Å². The number of aryl methyl sites for hydroxylation is 1. The van der Waals surface area contributed by atoms with Gasteiger partial charge in [-0.2, -0.15) is 0 Å². The van der Waals surface area contributed by atoms with Crippen LogP contribution >= 0.6 is 0 Å². The van der Waals surface area contributed by atoms with E-state index in [4.69, 9.17) is 0 Å². The Labute approximate surface area is 143 Å². The monoisotopic (exact) mass is 308 g/mol. The summed E-state index contributed by atoms with van der Waals surface area (Å²) >= 11 is 0. The number of hydrogen-bond acceptors (Lipinski definition) is 0. The smallest absolute Gasteiger partial charge is 0.0114 e. The molecule has 0 spiro atoms. The van der Waals surface area contributed by atoms with Crippen LogP contribution in [-0.4, -0.2) is 0 Å². The molecule has 0 atom stereocenters. The second-order valence-electron chi connectivity index (χ2n) is 7.59. The lowest BCUT2D eigenvalue weighted by molar-refractivity contribution is 0.807. The lowest BCUT2D eigenvalue weighted by atomic mass is 9.81. The molecule has 0 N–H and O–H groups in total. The Balaban J connectivity index is 2.72. The van der Waals surface area contributed by atoms with Gasteiger partial charge < -0.3 is 0 Å². The van der Waals surface area contributed by atoms with E-state index in [2.05, 4.69) is 84.9 Å². The van der Waals surface area contributed by atoms with Crippen LogP contribution in [0.1, 0.15) is 88.5 Å². The maximum atomic E-state index is 2.43. The fourth-order valence-corrected chi connectivity index (χ4v) is 3.20. The topological polar surface area (TPSA) is 0 Å². The quantitative estimate of drug-likeness (QED) is 0.544. The average Bonchev–Trinajstić information content (AvgIpc) is 2.53. The van der Waals surface area contributed by atoms with Crippen molar-refractivity contribution in [1.29, 1.82) is 0 Å². The summed E-state index contributed by atoms with van der Waals surface area (Å²) in [4.78, 5) is 0. The van der Waals surface area contributed by atoms with Crippen LogP contribution in [0.4, 0.5) is 0 Å². The molecule has 0 unspecified atom stereocenters. The highest BCUT2D eigenvalue weighted by atomic mass is 14.2. The summed E-state index contributed by atoms with van der Waals surface area (Å²) in [5.74, 6) is 1.64. The Morgan fingerprint density at radius 2 is 1.17 bits per heavy atom. The van der Waals surface area contributed by atoms with E-state index < -0.39 is 0 Å². The zero-order valence-corrected chi connectivity index (χ0v) is 15.9. The molecule has 0 radical (unpaired) electrons. The highest BCUT2D eigenvalue weighted by Gasteiger charge is 2.18. The Hall–Kier alpha value is -1.56. The largest absolute Gasteiger partial charge is 0.0613 e. The minimum absolute atomic E-state index is 0.534. The molecule has 0 aliphatic carbocycles. The third-order valence-electron chi connectivity index (χ3n) is 4.78. The lowest BCUT2D eigenvalue weighted by Gasteiger charge is -2.23. The predicted molar refractivity (Wildman–Crippen MR) is 104 cm³/mol. The van der Waals surface area contributed by atoms with Crippen molar-refractivity contribution < 1.29 is 0 Å². The Morgan fingerprint density at radius 3 is 1.52 bits per heavy atom. The molecule has 0 aliphatic rings. The summed E-state index contributed by atoms with van der Waals surface area (Å²) in [6.45, 7) is 16.0. The molecular weight excluding hydrogens is 276 g/mol. The van der Waals surface area contributed by atoms with Crippen molar-refractivity contribution in [2.75, 3.05) is 0 Å². The Bertz CT molecular complexity index is 613. The first kappa shape index (κ1) is 17.8. The van der Waals surface area contributed by atoms with E-state index in [0.717, 1.165) is 6.42 Å². The van der Waals surface area contributed by atoms with Gasteiger partial charge in [0.2, 0.25) is 0 Å². The van der Waals surface area contributed by atoms with Gasteiger partial charge in [0.1, 0.15) is 0 Å². The molecule has 0 nitrogen and oxygen atoms in total. The van der Waals surface area contributed by atoms with Crippen LogP contribution in [-0.2, 0) is 6.42 Å². The molecule has 2 rings (SSSR count).